The first-order chi connectivity index (χ1) is 9.01. The van der Waals surface area contributed by atoms with E-state index < -0.39 is 29.2 Å². The molecule has 0 fully saturated rings. The summed E-state index contributed by atoms with van der Waals surface area (Å²) in [7, 11) is 1.19. The zero-order valence-electron chi connectivity index (χ0n) is 11.2. The standard InChI is InChI=1S/C13H15ClF3NO2/c1-12(2,11(19)20-3)10(18)8-6-7(13(15,16)17)4-5-9(8)14/h4-6,10H,18H2,1-3H3/t10-/m0/s1. The van der Waals surface area contributed by atoms with Crippen molar-refractivity contribution >= 4 is 17.6 Å². The Morgan fingerprint density at radius 2 is 1.90 bits per heavy atom. The van der Waals surface area contributed by atoms with E-state index in [-0.39, 0.29) is 10.6 Å². The molecule has 0 aliphatic heterocycles. The first-order valence-electron chi connectivity index (χ1n) is 5.72. The molecular formula is C13H15ClF3NO2. The van der Waals surface area contributed by atoms with E-state index >= 15 is 0 Å². The van der Waals surface area contributed by atoms with Crippen LogP contribution in [-0.2, 0) is 15.7 Å². The molecular weight excluding hydrogens is 295 g/mol. The molecule has 0 spiro atoms. The summed E-state index contributed by atoms with van der Waals surface area (Å²) in [5.41, 5.74) is 3.89. The molecule has 0 saturated carbocycles. The summed E-state index contributed by atoms with van der Waals surface area (Å²) in [5.74, 6) is -0.626. The minimum Gasteiger partial charge on any atom is -0.469 e. The Balaban J connectivity index is 3.29. The van der Waals surface area contributed by atoms with Crippen molar-refractivity contribution in [3.05, 3.63) is 34.3 Å². The fourth-order valence-corrected chi connectivity index (χ4v) is 1.97. The molecule has 0 unspecified atom stereocenters. The van der Waals surface area contributed by atoms with Crippen molar-refractivity contribution in [3.8, 4) is 0 Å². The quantitative estimate of drug-likeness (QED) is 0.869. The molecule has 3 nitrogen and oxygen atoms in total. The first-order valence-corrected chi connectivity index (χ1v) is 6.10. The number of nitrogens with two attached hydrogens (primary N) is 1. The van der Waals surface area contributed by atoms with E-state index in [1.165, 1.54) is 21.0 Å². The molecule has 0 aromatic heterocycles. The average Bonchev–Trinajstić information content (AvgIpc) is 2.35. The molecule has 1 rings (SSSR count). The predicted molar refractivity (Wildman–Crippen MR) is 69.2 cm³/mol. The molecule has 0 saturated heterocycles. The number of esters is 1. The fraction of sp³-hybridized carbons (Fsp3) is 0.462. The molecule has 0 bridgehead atoms. The van der Waals surface area contributed by atoms with Crippen LogP contribution >= 0.6 is 11.6 Å². The van der Waals surface area contributed by atoms with Crippen LogP contribution in [0.4, 0.5) is 13.2 Å². The summed E-state index contributed by atoms with van der Waals surface area (Å²) in [4.78, 5) is 11.7. The van der Waals surface area contributed by atoms with Crippen LogP contribution in [-0.4, -0.2) is 13.1 Å². The zero-order valence-corrected chi connectivity index (χ0v) is 12.0. The molecule has 0 aliphatic carbocycles. The van der Waals surface area contributed by atoms with Gasteiger partial charge in [0.05, 0.1) is 18.1 Å². The van der Waals surface area contributed by atoms with Gasteiger partial charge in [0.1, 0.15) is 0 Å². The van der Waals surface area contributed by atoms with Crippen molar-refractivity contribution in [2.75, 3.05) is 7.11 Å². The summed E-state index contributed by atoms with van der Waals surface area (Å²) in [6.45, 7) is 2.97. The van der Waals surface area contributed by atoms with Gasteiger partial charge in [-0.3, -0.25) is 4.79 Å². The van der Waals surface area contributed by atoms with Crippen molar-refractivity contribution in [2.45, 2.75) is 26.1 Å². The summed E-state index contributed by atoms with van der Waals surface area (Å²) in [6.07, 6.45) is -4.51. The van der Waals surface area contributed by atoms with Crippen LogP contribution in [0.3, 0.4) is 0 Å². The van der Waals surface area contributed by atoms with Gasteiger partial charge in [0.25, 0.3) is 0 Å². The molecule has 0 heterocycles. The van der Waals surface area contributed by atoms with Crippen LogP contribution in [0.5, 0.6) is 0 Å². The lowest BCUT2D eigenvalue weighted by atomic mass is 9.80. The van der Waals surface area contributed by atoms with Crippen LogP contribution in [0.1, 0.15) is 31.0 Å². The third-order valence-corrected chi connectivity index (χ3v) is 3.49. The molecule has 2 N–H and O–H groups in total. The number of hydrogen-bond acceptors (Lipinski definition) is 3. The number of ether oxygens (including phenoxy) is 1. The maximum atomic E-state index is 12.7. The lowest BCUT2D eigenvalue weighted by molar-refractivity contribution is -0.152. The Kier molecular flexibility index (Phi) is 4.71. The number of carbonyl (C=O) groups is 1. The van der Waals surface area contributed by atoms with E-state index in [1.807, 2.05) is 0 Å². The highest BCUT2D eigenvalue weighted by molar-refractivity contribution is 6.31. The second kappa shape index (κ2) is 5.61. The van der Waals surface area contributed by atoms with Crippen LogP contribution in [0.15, 0.2) is 18.2 Å². The molecule has 1 atom stereocenters. The van der Waals surface area contributed by atoms with Gasteiger partial charge < -0.3 is 10.5 Å². The van der Waals surface area contributed by atoms with Crippen molar-refractivity contribution in [1.82, 2.24) is 0 Å². The van der Waals surface area contributed by atoms with Gasteiger partial charge in [0.15, 0.2) is 0 Å². The third kappa shape index (κ3) is 3.24. The van der Waals surface area contributed by atoms with E-state index in [4.69, 9.17) is 17.3 Å². The van der Waals surface area contributed by atoms with E-state index in [1.54, 1.807) is 0 Å². The second-order valence-corrected chi connectivity index (χ2v) is 5.33. The van der Waals surface area contributed by atoms with Gasteiger partial charge in [-0.1, -0.05) is 11.6 Å². The van der Waals surface area contributed by atoms with Gasteiger partial charge in [0.2, 0.25) is 0 Å². The average molecular weight is 310 g/mol. The van der Waals surface area contributed by atoms with Gasteiger partial charge in [-0.2, -0.15) is 13.2 Å². The lowest BCUT2D eigenvalue weighted by Crippen LogP contribution is -2.37. The fourth-order valence-electron chi connectivity index (χ4n) is 1.74. The summed E-state index contributed by atoms with van der Waals surface area (Å²) in [6, 6.07) is 1.82. The topological polar surface area (TPSA) is 52.3 Å². The smallest absolute Gasteiger partial charge is 0.416 e. The summed E-state index contributed by atoms with van der Waals surface area (Å²) in [5, 5.41) is 0.0717. The zero-order chi connectivity index (χ0) is 15.7. The molecule has 20 heavy (non-hydrogen) atoms. The minimum atomic E-state index is -4.51. The number of rotatable bonds is 3. The molecule has 112 valence electrons. The van der Waals surface area contributed by atoms with Gasteiger partial charge in [0, 0.05) is 11.1 Å². The summed E-state index contributed by atoms with van der Waals surface area (Å²) >= 11 is 5.90. The molecule has 1 aromatic rings. The highest BCUT2D eigenvalue weighted by Crippen LogP contribution is 2.39. The highest BCUT2D eigenvalue weighted by Gasteiger charge is 2.39. The Hall–Kier alpha value is -1.27. The van der Waals surface area contributed by atoms with Gasteiger partial charge >= 0.3 is 12.1 Å². The maximum Gasteiger partial charge on any atom is 0.416 e. The molecule has 0 radical (unpaired) electrons. The molecule has 0 amide bonds. The SMILES string of the molecule is COC(=O)C(C)(C)[C@@H](N)c1cc(C(F)(F)F)ccc1Cl. The number of alkyl halides is 3. The number of hydrogen-bond donors (Lipinski definition) is 1. The van der Waals surface area contributed by atoms with Crippen LogP contribution in [0.25, 0.3) is 0 Å². The van der Waals surface area contributed by atoms with Crippen molar-refractivity contribution < 1.29 is 22.7 Å². The van der Waals surface area contributed by atoms with E-state index in [0.29, 0.717) is 0 Å². The highest BCUT2D eigenvalue weighted by atomic mass is 35.5. The van der Waals surface area contributed by atoms with E-state index in [9.17, 15) is 18.0 Å². The predicted octanol–water partition coefficient (Wildman–Crippen LogP) is 3.56. The molecule has 7 heteroatoms. The molecule has 0 aliphatic rings. The third-order valence-electron chi connectivity index (χ3n) is 3.15. The van der Waals surface area contributed by atoms with Crippen molar-refractivity contribution in [2.24, 2.45) is 11.1 Å². The largest absolute Gasteiger partial charge is 0.469 e. The van der Waals surface area contributed by atoms with Crippen LogP contribution in [0, 0.1) is 5.41 Å². The Morgan fingerprint density at radius 3 is 2.35 bits per heavy atom. The van der Waals surface area contributed by atoms with Gasteiger partial charge in [-0.05, 0) is 37.6 Å². The maximum absolute atomic E-state index is 12.7. The Bertz CT molecular complexity index is 515. The number of carbonyl (C=O) groups excluding carboxylic acids is 1. The number of methoxy groups -OCH3 is 1. The van der Waals surface area contributed by atoms with Crippen LogP contribution in [0.2, 0.25) is 5.02 Å². The van der Waals surface area contributed by atoms with Gasteiger partial charge in [-0.25, -0.2) is 0 Å². The Labute approximate surface area is 119 Å². The van der Waals surface area contributed by atoms with E-state index in [2.05, 4.69) is 4.74 Å². The normalized spacial score (nSPS) is 14.0. The van der Waals surface area contributed by atoms with Crippen molar-refractivity contribution in [3.63, 3.8) is 0 Å². The van der Waals surface area contributed by atoms with Crippen LogP contribution < -0.4 is 5.73 Å². The first kappa shape index (κ1) is 16.8. The van der Waals surface area contributed by atoms with Gasteiger partial charge in [-0.15, -0.1) is 0 Å². The second-order valence-electron chi connectivity index (χ2n) is 4.92. The molecule has 1 aromatic carbocycles. The Morgan fingerprint density at radius 1 is 1.35 bits per heavy atom. The lowest BCUT2D eigenvalue weighted by Gasteiger charge is -2.29. The summed E-state index contributed by atoms with van der Waals surface area (Å²) < 4.78 is 42.7. The van der Waals surface area contributed by atoms with Crippen molar-refractivity contribution in [1.29, 1.82) is 0 Å². The number of benzene rings is 1. The minimum absolute atomic E-state index is 0.0527. The number of halogens is 4. The monoisotopic (exact) mass is 309 g/mol. The van der Waals surface area contributed by atoms with E-state index in [0.717, 1.165) is 18.2 Å².